The van der Waals surface area contributed by atoms with Crippen molar-refractivity contribution >= 4 is 17.6 Å². The summed E-state index contributed by atoms with van der Waals surface area (Å²) >= 11 is 5.76. The highest BCUT2D eigenvalue weighted by Crippen LogP contribution is 2.28. The Hall–Kier alpha value is -2.01. The normalized spacial score (nSPS) is 10.4. The largest absolute Gasteiger partial charge is 0.478 e. The number of nitrogens with zero attached hydrogens (tertiary/aromatic N) is 2. The average molecular weight is 267 g/mol. The van der Waals surface area contributed by atoms with Gasteiger partial charge in [0.1, 0.15) is 11.3 Å². The first kappa shape index (κ1) is 12.4. The smallest absolute Gasteiger partial charge is 0.339 e. The molecule has 0 aliphatic carbocycles. The summed E-state index contributed by atoms with van der Waals surface area (Å²) in [6.07, 6.45) is 0. The number of hydrogen-bond acceptors (Lipinski definition) is 3. The van der Waals surface area contributed by atoms with Crippen LogP contribution in [0, 0.1) is 6.92 Å². The molecule has 0 atom stereocenters. The van der Waals surface area contributed by atoms with E-state index in [1.165, 1.54) is 16.8 Å². The Bertz CT molecular complexity index is 607. The first-order valence-corrected chi connectivity index (χ1v) is 5.56. The third-order valence-corrected chi connectivity index (χ3v) is 2.58. The highest BCUT2D eigenvalue weighted by molar-refractivity contribution is 6.31. The quantitative estimate of drug-likeness (QED) is 0.928. The molecule has 94 valence electrons. The highest BCUT2D eigenvalue weighted by Gasteiger charge is 2.14. The lowest BCUT2D eigenvalue weighted by Gasteiger charge is -2.08. The Kier molecular flexibility index (Phi) is 3.25. The minimum atomic E-state index is -1.09. The van der Waals surface area contributed by atoms with Gasteiger partial charge in [-0.2, -0.15) is 5.10 Å². The number of carboxylic acids is 1. The van der Waals surface area contributed by atoms with Crippen molar-refractivity contribution in [1.29, 1.82) is 0 Å². The second-order valence-electron chi connectivity index (χ2n) is 3.80. The molecular formula is C12H11ClN2O3. The fourth-order valence-corrected chi connectivity index (χ4v) is 1.73. The number of benzene rings is 1. The molecule has 0 aliphatic rings. The van der Waals surface area contributed by atoms with Gasteiger partial charge >= 0.3 is 5.97 Å². The lowest BCUT2D eigenvalue weighted by Crippen LogP contribution is -2.02. The minimum absolute atomic E-state index is 0.0151. The summed E-state index contributed by atoms with van der Waals surface area (Å²) in [4.78, 5) is 11.1. The van der Waals surface area contributed by atoms with Gasteiger partial charge in [-0.3, -0.25) is 0 Å². The molecule has 5 nitrogen and oxygen atoms in total. The fourth-order valence-electron chi connectivity index (χ4n) is 1.55. The number of aromatic nitrogens is 2. The number of hydrogen-bond donors (Lipinski definition) is 1. The molecule has 0 aliphatic heterocycles. The molecule has 2 rings (SSSR count). The highest BCUT2D eigenvalue weighted by atomic mass is 35.5. The summed E-state index contributed by atoms with van der Waals surface area (Å²) < 4.78 is 7.08. The van der Waals surface area contributed by atoms with E-state index in [0.717, 1.165) is 5.69 Å². The first-order chi connectivity index (χ1) is 8.47. The Balaban J connectivity index is 2.40. The summed E-state index contributed by atoms with van der Waals surface area (Å²) in [6.45, 7) is 1.83. The molecule has 1 aromatic carbocycles. The minimum Gasteiger partial charge on any atom is -0.478 e. The summed E-state index contributed by atoms with van der Waals surface area (Å²) in [7, 11) is 1.72. The summed E-state index contributed by atoms with van der Waals surface area (Å²) in [5.74, 6) is -0.390. The second-order valence-corrected chi connectivity index (χ2v) is 4.23. The van der Waals surface area contributed by atoms with Gasteiger partial charge in [0.25, 0.3) is 0 Å². The maximum atomic E-state index is 11.1. The zero-order valence-corrected chi connectivity index (χ0v) is 10.6. The van der Waals surface area contributed by atoms with E-state index >= 15 is 0 Å². The molecule has 18 heavy (non-hydrogen) atoms. The van der Waals surface area contributed by atoms with Crippen LogP contribution < -0.4 is 4.74 Å². The number of carboxylic acid groups (broad SMARTS) is 1. The van der Waals surface area contributed by atoms with Gasteiger partial charge in [0.15, 0.2) is 0 Å². The molecular weight excluding hydrogens is 256 g/mol. The molecule has 0 bridgehead atoms. The Morgan fingerprint density at radius 3 is 2.72 bits per heavy atom. The number of aromatic carboxylic acids is 1. The third kappa shape index (κ3) is 2.46. The van der Waals surface area contributed by atoms with Crippen LogP contribution in [-0.4, -0.2) is 20.9 Å². The van der Waals surface area contributed by atoms with Gasteiger partial charge < -0.3 is 9.84 Å². The maximum Gasteiger partial charge on any atom is 0.339 e. The van der Waals surface area contributed by atoms with Crippen LogP contribution in [0.5, 0.6) is 11.6 Å². The molecule has 1 N–H and O–H groups in total. The van der Waals surface area contributed by atoms with Gasteiger partial charge in [-0.15, -0.1) is 0 Å². The summed E-state index contributed by atoms with van der Waals surface area (Å²) in [5.41, 5.74) is 0.805. The van der Waals surface area contributed by atoms with Crippen LogP contribution in [0.25, 0.3) is 0 Å². The first-order valence-electron chi connectivity index (χ1n) is 5.18. The van der Waals surface area contributed by atoms with Crippen LogP contribution in [-0.2, 0) is 7.05 Å². The maximum absolute atomic E-state index is 11.1. The third-order valence-electron chi connectivity index (χ3n) is 2.35. The van der Waals surface area contributed by atoms with Crippen molar-refractivity contribution in [2.24, 2.45) is 7.05 Å². The SMILES string of the molecule is Cc1cc(Oc2ccc(Cl)cc2C(=O)O)n(C)n1. The topological polar surface area (TPSA) is 64.3 Å². The van der Waals surface area contributed by atoms with Gasteiger partial charge in [-0.25, -0.2) is 9.48 Å². The van der Waals surface area contributed by atoms with Crippen molar-refractivity contribution in [1.82, 2.24) is 9.78 Å². The van der Waals surface area contributed by atoms with Gasteiger partial charge in [0.05, 0.1) is 5.69 Å². The number of halogens is 1. The van der Waals surface area contributed by atoms with E-state index in [1.807, 2.05) is 6.92 Å². The van der Waals surface area contributed by atoms with Crippen LogP contribution in [0.2, 0.25) is 5.02 Å². The summed E-state index contributed by atoms with van der Waals surface area (Å²) in [5, 5.41) is 13.5. The molecule has 0 spiro atoms. The second kappa shape index (κ2) is 4.70. The monoisotopic (exact) mass is 266 g/mol. The zero-order chi connectivity index (χ0) is 13.3. The number of aryl methyl sites for hydroxylation is 2. The predicted octanol–water partition coefficient (Wildman–Crippen LogP) is 2.87. The van der Waals surface area contributed by atoms with Crippen molar-refractivity contribution < 1.29 is 14.6 Å². The van der Waals surface area contributed by atoms with Crippen molar-refractivity contribution in [2.45, 2.75) is 6.92 Å². The molecule has 2 aromatic rings. The molecule has 1 aromatic heterocycles. The van der Waals surface area contributed by atoms with Gasteiger partial charge in [0, 0.05) is 18.1 Å². The average Bonchev–Trinajstić information content (AvgIpc) is 2.60. The zero-order valence-electron chi connectivity index (χ0n) is 9.85. The van der Waals surface area contributed by atoms with Crippen molar-refractivity contribution in [2.75, 3.05) is 0 Å². The Morgan fingerprint density at radius 1 is 1.44 bits per heavy atom. The van der Waals surface area contributed by atoms with Crippen molar-refractivity contribution in [3.8, 4) is 11.6 Å². The van der Waals surface area contributed by atoms with Gasteiger partial charge in [-0.1, -0.05) is 11.6 Å². The number of carbonyl (C=O) groups is 1. The van der Waals surface area contributed by atoms with E-state index in [1.54, 1.807) is 19.2 Å². The number of rotatable bonds is 3. The van der Waals surface area contributed by atoms with E-state index in [9.17, 15) is 4.79 Å². The van der Waals surface area contributed by atoms with Crippen molar-refractivity contribution in [3.63, 3.8) is 0 Å². The predicted molar refractivity (Wildman–Crippen MR) is 66.4 cm³/mol. The van der Waals surface area contributed by atoms with Crippen LogP contribution in [0.1, 0.15) is 16.1 Å². The molecule has 0 saturated carbocycles. The lowest BCUT2D eigenvalue weighted by atomic mass is 10.2. The van der Waals surface area contributed by atoms with Crippen LogP contribution in [0.15, 0.2) is 24.3 Å². The molecule has 0 saturated heterocycles. The van der Waals surface area contributed by atoms with Gasteiger partial charge in [-0.05, 0) is 25.1 Å². The van der Waals surface area contributed by atoms with E-state index in [0.29, 0.717) is 10.9 Å². The van der Waals surface area contributed by atoms with Crippen LogP contribution >= 0.6 is 11.6 Å². The van der Waals surface area contributed by atoms with Crippen molar-refractivity contribution in [3.05, 3.63) is 40.5 Å². The van der Waals surface area contributed by atoms with Crippen LogP contribution in [0.4, 0.5) is 0 Å². The Labute approximate surface area is 109 Å². The van der Waals surface area contributed by atoms with E-state index in [4.69, 9.17) is 21.4 Å². The fraction of sp³-hybridized carbons (Fsp3) is 0.167. The lowest BCUT2D eigenvalue weighted by molar-refractivity contribution is 0.0694. The Morgan fingerprint density at radius 2 is 2.17 bits per heavy atom. The van der Waals surface area contributed by atoms with Crippen LogP contribution in [0.3, 0.4) is 0 Å². The standard InChI is InChI=1S/C12H11ClN2O3/c1-7-5-11(15(2)14-7)18-10-4-3-8(13)6-9(10)12(16)17/h3-6H,1-2H3,(H,16,17). The molecule has 0 fully saturated rings. The molecule has 0 amide bonds. The van der Waals surface area contributed by atoms with E-state index < -0.39 is 5.97 Å². The molecule has 1 heterocycles. The molecule has 0 radical (unpaired) electrons. The van der Waals surface area contributed by atoms with E-state index in [-0.39, 0.29) is 11.3 Å². The van der Waals surface area contributed by atoms with E-state index in [2.05, 4.69) is 5.10 Å². The number of ether oxygens (including phenoxy) is 1. The summed E-state index contributed by atoms with van der Waals surface area (Å²) in [6, 6.07) is 6.17. The van der Waals surface area contributed by atoms with Gasteiger partial charge in [0.2, 0.25) is 5.88 Å². The molecule has 6 heteroatoms. The molecule has 0 unspecified atom stereocenters.